The number of rotatable bonds is 4. The number of thiophene rings is 1. The predicted octanol–water partition coefficient (Wildman–Crippen LogP) is 12.0. The number of benzene rings is 7. The Morgan fingerprint density at radius 3 is 1.94 bits per heavy atom. The van der Waals surface area contributed by atoms with Crippen LogP contribution in [0, 0.1) is 0 Å². The van der Waals surface area contributed by atoms with E-state index in [2.05, 4.69) is 121 Å². The van der Waals surface area contributed by atoms with E-state index in [1.807, 2.05) is 41.7 Å². The van der Waals surface area contributed by atoms with Crippen LogP contribution < -0.4 is 0 Å². The van der Waals surface area contributed by atoms with Gasteiger partial charge in [-0.2, -0.15) is 0 Å². The minimum absolute atomic E-state index is 0.603. The van der Waals surface area contributed by atoms with Crippen molar-refractivity contribution in [3.8, 4) is 45.3 Å². The number of hydrogen-bond acceptors (Lipinski definition) is 5. The number of para-hydroxylation sites is 1. The maximum Gasteiger partial charge on any atom is 0.164 e. The van der Waals surface area contributed by atoms with Gasteiger partial charge in [0.25, 0.3) is 0 Å². The molecule has 10 aromatic rings. The van der Waals surface area contributed by atoms with Crippen LogP contribution in [0.4, 0.5) is 0 Å². The smallest absolute Gasteiger partial charge is 0.164 e. The first-order valence-electron chi connectivity index (χ1n) is 15.9. The monoisotopic (exact) mass is 631 g/mol. The van der Waals surface area contributed by atoms with Crippen molar-refractivity contribution in [1.82, 2.24) is 15.0 Å². The van der Waals surface area contributed by atoms with Gasteiger partial charge in [0.05, 0.1) is 0 Å². The zero-order valence-corrected chi connectivity index (χ0v) is 26.4. The number of nitrogens with zero attached hydrogens (tertiary/aromatic N) is 3. The van der Waals surface area contributed by atoms with Crippen molar-refractivity contribution in [2.45, 2.75) is 0 Å². The van der Waals surface area contributed by atoms with Crippen molar-refractivity contribution in [1.29, 1.82) is 0 Å². The highest BCUT2D eigenvalue weighted by atomic mass is 32.1. The Labute approximate surface area is 279 Å². The van der Waals surface area contributed by atoms with Gasteiger partial charge in [0.2, 0.25) is 0 Å². The maximum absolute atomic E-state index is 6.26. The third-order valence-corrected chi connectivity index (χ3v) is 10.4. The Balaban J connectivity index is 1.19. The number of fused-ring (bicyclic) bond motifs is 8. The Morgan fingerprint density at radius 1 is 0.417 bits per heavy atom. The van der Waals surface area contributed by atoms with Gasteiger partial charge in [0.15, 0.2) is 17.5 Å². The molecule has 0 saturated carbocycles. The van der Waals surface area contributed by atoms with Crippen molar-refractivity contribution in [2.24, 2.45) is 0 Å². The van der Waals surface area contributed by atoms with Crippen LogP contribution in [0.5, 0.6) is 0 Å². The van der Waals surface area contributed by atoms with Crippen LogP contribution in [-0.4, -0.2) is 15.0 Å². The highest BCUT2D eigenvalue weighted by Crippen LogP contribution is 2.43. The van der Waals surface area contributed by atoms with Crippen LogP contribution in [0.2, 0.25) is 0 Å². The second kappa shape index (κ2) is 10.7. The number of hydrogen-bond donors (Lipinski definition) is 0. The average Bonchev–Trinajstić information content (AvgIpc) is 3.73. The summed E-state index contributed by atoms with van der Waals surface area (Å²) in [6.07, 6.45) is 0. The minimum atomic E-state index is 0.603. The largest absolute Gasteiger partial charge is 0.456 e. The van der Waals surface area contributed by atoms with Gasteiger partial charge in [0, 0.05) is 47.6 Å². The van der Waals surface area contributed by atoms with Crippen LogP contribution in [-0.2, 0) is 0 Å². The molecule has 0 bridgehead atoms. The van der Waals surface area contributed by atoms with Gasteiger partial charge in [-0.1, -0.05) is 127 Å². The first-order valence-corrected chi connectivity index (χ1v) is 16.8. The van der Waals surface area contributed by atoms with Crippen molar-refractivity contribution < 1.29 is 4.42 Å². The third-order valence-electron chi connectivity index (χ3n) is 9.15. The van der Waals surface area contributed by atoms with E-state index >= 15 is 0 Å². The highest BCUT2D eigenvalue weighted by molar-refractivity contribution is 7.26. The lowest BCUT2D eigenvalue weighted by Crippen LogP contribution is -2.00. The summed E-state index contributed by atoms with van der Waals surface area (Å²) in [6.45, 7) is 0. The molecule has 0 aliphatic rings. The molecular weight excluding hydrogens is 607 g/mol. The average molecular weight is 632 g/mol. The van der Waals surface area contributed by atoms with Crippen molar-refractivity contribution in [2.75, 3.05) is 0 Å². The van der Waals surface area contributed by atoms with E-state index in [1.165, 1.54) is 36.5 Å². The molecule has 0 spiro atoms. The van der Waals surface area contributed by atoms with E-state index < -0.39 is 0 Å². The zero-order chi connectivity index (χ0) is 31.6. The maximum atomic E-state index is 6.26. The Hall–Kier alpha value is -6.17. The van der Waals surface area contributed by atoms with Gasteiger partial charge in [-0.25, -0.2) is 15.0 Å². The minimum Gasteiger partial charge on any atom is -0.456 e. The Bertz CT molecular complexity index is 2830. The normalized spacial score (nSPS) is 11.8. The molecule has 0 fully saturated rings. The molecule has 0 atom stereocenters. The molecule has 0 aliphatic heterocycles. The molecule has 10 rings (SSSR count). The Kier molecular flexibility index (Phi) is 6.01. The zero-order valence-electron chi connectivity index (χ0n) is 25.6. The number of aromatic nitrogens is 3. The Morgan fingerprint density at radius 2 is 1.06 bits per heavy atom. The first-order chi connectivity index (χ1) is 23.8. The lowest BCUT2D eigenvalue weighted by Gasteiger charge is -2.10. The highest BCUT2D eigenvalue weighted by Gasteiger charge is 2.19. The lowest BCUT2D eigenvalue weighted by molar-refractivity contribution is 0.669. The van der Waals surface area contributed by atoms with E-state index in [0.717, 1.165) is 44.2 Å². The summed E-state index contributed by atoms with van der Waals surface area (Å²) in [5.74, 6) is 1.87. The first kappa shape index (κ1) is 27.0. The van der Waals surface area contributed by atoms with Gasteiger partial charge in [-0.3, -0.25) is 0 Å². The number of furan rings is 1. The van der Waals surface area contributed by atoms with E-state index in [-0.39, 0.29) is 0 Å². The van der Waals surface area contributed by atoms with Crippen LogP contribution in [0.1, 0.15) is 0 Å². The molecule has 224 valence electrons. The van der Waals surface area contributed by atoms with Crippen LogP contribution in [0.25, 0.3) is 98.2 Å². The molecule has 0 radical (unpaired) electrons. The van der Waals surface area contributed by atoms with Crippen LogP contribution in [0.15, 0.2) is 156 Å². The van der Waals surface area contributed by atoms with Gasteiger partial charge in [-0.05, 0) is 46.2 Å². The van der Waals surface area contributed by atoms with Crippen molar-refractivity contribution in [3.63, 3.8) is 0 Å². The molecule has 4 nitrogen and oxygen atoms in total. The molecule has 48 heavy (non-hydrogen) atoms. The molecule has 0 unspecified atom stereocenters. The van der Waals surface area contributed by atoms with Gasteiger partial charge in [-0.15, -0.1) is 11.3 Å². The molecule has 0 saturated heterocycles. The van der Waals surface area contributed by atoms with E-state index in [9.17, 15) is 0 Å². The summed E-state index contributed by atoms with van der Waals surface area (Å²) in [6, 6.07) is 52.7. The topological polar surface area (TPSA) is 51.8 Å². The van der Waals surface area contributed by atoms with Gasteiger partial charge in [0.1, 0.15) is 11.2 Å². The molecule has 3 heterocycles. The second-order valence-corrected chi connectivity index (χ2v) is 13.1. The molecule has 0 aliphatic carbocycles. The quantitative estimate of drug-likeness (QED) is 0.194. The molecule has 0 N–H and O–H groups in total. The summed E-state index contributed by atoms with van der Waals surface area (Å²) in [5.41, 5.74) is 6.78. The van der Waals surface area contributed by atoms with E-state index in [4.69, 9.17) is 19.4 Å². The second-order valence-electron chi connectivity index (χ2n) is 12.0. The summed E-state index contributed by atoms with van der Waals surface area (Å²) < 4.78 is 8.74. The summed E-state index contributed by atoms with van der Waals surface area (Å²) >= 11 is 1.82. The summed E-state index contributed by atoms with van der Waals surface area (Å²) in [4.78, 5) is 15.4. The van der Waals surface area contributed by atoms with Crippen molar-refractivity contribution >= 4 is 64.2 Å². The SMILES string of the molecule is c1ccc(-c2ccc(-c3nc(-c4ccc5c(c4)oc4ccccc45)nc(-c4cccc5sc6c7ccccc7ccc6c45)n3)cc2)cc1. The predicted molar refractivity (Wildman–Crippen MR) is 199 cm³/mol. The molecule has 3 aromatic heterocycles. The standard InChI is InChI=1S/C43H25N3OS/c1-2-9-26(10-3-1)27-17-19-29(20-18-27)41-44-42(30-22-23-33-32-13-6-7-15-36(32)47-37(33)25-30)46-43(45-41)35-14-8-16-38-39(35)34-24-21-28-11-4-5-12-31(28)40(34)48-38/h1-25H. The van der Waals surface area contributed by atoms with E-state index in [0.29, 0.717) is 17.5 Å². The summed E-state index contributed by atoms with van der Waals surface area (Å²) in [5, 5.41) is 7.04. The van der Waals surface area contributed by atoms with Gasteiger partial charge >= 0.3 is 0 Å². The van der Waals surface area contributed by atoms with Crippen LogP contribution >= 0.6 is 11.3 Å². The van der Waals surface area contributed by atoms with Crippen LogP contribution in [0.3, 0.4) is 0 Å². The van der Waals surface area contributed by atoms with Crippen molar-refractivity contribution in [3.05, 3.63) is 152 Å². The fraction of sp³-hybridized carbons (Fsp3) is 0. The summed E-state index contributed by atoms with van der Waals surface area (Å²) in [7, 11) is 0. The lowest BCUT2D eigenvalue weighted by atomic mass is 10.0. The molecule has 5 heteroatoms. The fourth-order valence-electron chi connectivity index (χ4n) is 6.80. The third kappa shape index (κ3) is 4.33. The van der Waals surface area contributed by atoms with E-state index in [1.54, 1.807) is 0 Å². The molecule has 0 amide bonds. The van der Waals surface area contributed by atoms with Gasteiger partial charge < -0.3 is 4.42 Å². The molecular formula is C43H25N3OS. The fourth-order valence-corrected chi connectivity index (χ4v) is 8.07. The molecule has 7 aromatic carbocycles.